The van der Waals surface area contributed by atoms with Gasteiger partial charge in [-0.25, -0.2) is 0 Å². The Morgan fingerprint density at radius 2 is 1.88 bits per heavy atom. The summed E-state index contributed by atoms with van der Waals surface area (Å²) >= 11 is 0. The summed E-state index contributed by atoms with van der Waals surface area (Å²) < 4.78 is 37.9. The Kier molecular flexibility index (Phi) is 6.67. The standard InChI is InChI=1S/C19H24F3NO3/c1-13(12-14-5-7-15(8-6-14)19(20,21)22)18(26)23-11-3-2-4-16(23)9-10-17(24)25/h5-8,13,16H,2-4,9-12H2,1H3,(H,24,25). The number of hydrogen-bond acceptors (Lipinski definition) is 2. The summed E-state index contributed by atoms with van der Waals surface area (Å²) in [5, 5.41) is 8.87. The van der Waals surface area contributed by atoms with Crippen molar-refractivity contribution >= 4 is 11.9 Å². The van der Waals surface area contributed by atoms with Crippen LogP contribution in [-0.4, -0.2) is 34.5 Å². The third-order valence-electron chi connectivity index (χ3n) is 4.85. The van der Waals surface area contributed by atoms with Crippen molar-refractivity contribution in [3.05, 3.63) is 35.4 Å². The summed E-state index contributed by atoms with van der Waals surface area (Å²) in [7, 11) is 0. The first-order valence-electron chi connectivity index (χ1n) is 8.87. The van der Waals surface area contributed by atoms with E-state index in [0.717, 1.165) is 31.4 Å². The number of nitrogens with zero attached hydrogens (tertiary/aromatic N) is 1. The number of carboxylic acid groups (broad SMARTS) is 1. The Balaban J connectivity index is 1.99. The predicted octanol–water partition coefficient (Wildman–Crippen LogP) is 4.13. The van der Waals surface area contributed by atoms with Crippen LogP contribution in [0.25, 0.3) is 0 Å². The molecule has 2 rings (SSSR count). The highest BCUT2D eigenvalue weighted by Gasteiger charge is 2.31. The number of carbonyl (C=O) groups excluding carboxylic acids is 1. The van der Waals surface area contributed by atoms with Crippen LogP contribution in [0.15, 0.2) is 24.3 Å². The number of carboxylic acids is 1. The van der Waals surface area contributed by atoms with E-state index < -0.39 is 17.7 Å². The second-order valence-corrected chi connectivity index (χ2v) is 6.91. The quantitative estimate of drug-likeness (QED) is 0.818. The molecule has 0 bridgehead atoms. The number of amides is 1. The number of aliphatic carboxylic acids is 1. The molecule has 1 aromatic carbocycles. The van der Waals surface area contributed by atoms with E-state index in [4.69, 9.17) is 5.11 Å². The minimum atomic E-state index is -4.37. The smallest absolute Gasteiger partial charge is 0.416 e. The lowest BCUT2D eigenvalue weighted by Gasteiger charge is -2.37. The minimum Gasteiger partial charge on any atom is -0.481 e. The molecule has 2 atom stereocenters. The van der Waals surface area contributed by atoms with E-state index in [1.165, 1.54) is 12.1 Å². The van der Waals surface area contributed by atoms with Gasteiger partial charge in [0.05, 0.1) is 5.56 Å². The lowest BCUT2D eigenvalue weighted by molar-refractivity contribution is -0.142. The molecule has 0 aromatic heterocycles. The van der Waals surface area contributed by atoms with Crippen LogP contribution in [0.3, 0.4) is 0 Å². The number of hydrogen-bond donors (Lipinski definition) is 1. The zero-order valence-electron chi connectivity index (χ0n) is 14.8. The average Bonchev–Trinajstić information content (AvgIpc) is 2.59. The SMILES string of the molecule is CC(Cc1ccc(C(F)(F)F)cc1)C(=O)N1CCCCC1CCC(=O)O. The van der Waals surface area contributed by atoms with E-state index in [1.54, 1.807) is 11.8 Å². The van der Waals surface area contributed by atoms with Gasteiger partial charge in [-0.15, -0.1) is 0 Å². The molecule has 1 amide bonds. The summed E-state index contributed by atoms with van der Waals surface area (Å²) in [6, 6.07) is 4.81. The highest BCUT2D eigenvalue weighted by atomic mass is 19.4. The predicted molar refractivity (Wildman–Crippen MR) is 90.5 cm³/mol. The molecule has 1 N–H and O–H groups in total. The second-order valence-electron chi connectivity index (χ2n) is 6.91. The monoisotopic (exact) mass is 371 g/mol. The van der Waals surface area contributed by atoms with Crippen LogP contribution < -0.4 is 0 Å². The largest absolute Gasteiger partial charge is 0.481 e. The van der Waals surface area contributed by atoms with Crippen LogP contribution in [-0.2, 0) is 22.2 Å². The summed E-state index contributed by atoms with van der Waals surface area (Å²) in [4.78, 5) is 25.4. The van der Waals surface area contributed by atoms with E-state index in [0.29, 0.717) is 24.9 Å². The zero-order valence-corrected chi connectivity index (χ0v) is 14.8. The lowest BCUT2D eigenvalue weighted by atomic mass is 9.93. The molecule has 4 nitrogen and oxygen atoms in total. The van der Waals surface area contributed by atoms with Gasteiger partial charge in [-0.05, 0) is 49.8 Å². The highest BCUT2D eigenvalue weighted by molar-refractivity contribution is 5.79. The number of likely N-dealkylation sites (tertiary alicyclic amines) is 1. The Morgan fingerprint density at radius 3 is 2.46 bits per heavy atom. The summed E-state index contributed by atoms with van der Waals surface area (Å²) in [5.41, 5.74) is -0.0251. The van der Waals surface area contributed by atoms with Crippen LogP contribution in [0.4, 0.5) is 13.2 Å². The number of benzene rings is 1. The molecule has 26 heavy (non-hydrogen) atoms. The fourth-order valence-electron chi connectivity index (χ4n) is 3.43. The van der Waals surface area contributed by atoms with E-state index in [1.807, 2.05) is 0 Å². The maximum absolute atomic E-state index is 12.8. The van der Waals surface area contributed by atoms with Crippen molar-refractivity contribution in [2.24, 2.45) is 5.92 Å². The van der Waals surface area contributed by atoms with Crippen molar-refractivity contribution < 1.29 is 27.9 Å². The van der Waals surface area contributed by atoms with E-state index in [-0.39, 0.29) is 24.3 Å². The second kappa shape index (κ2) is 8.56. The molecule has 0 saturated carbocycles. The number of piperidine rings is 1. The van der Waals surface area contributed by atoms with Gasteiger partial charge in [0.15, 0.2) is 0 Å². The third-order valence-corrected chi connectivity index (χ3v) is 4.85. The maximum atomic E-state index is 12.8. The number of halogens is 3. The number of alkyl halides is 3. The van der Waals surface area contributed by atoms with E-state index >= 15 is 0 Å². The van der Waals surface area contributed by atoms with Crippen molar-refractivity contribution in [3.8, 4) is 0 Å². The van der Waals surface area contributed by atoms with Gasteiger partial charge in [0.1, 0.15) is 0 Å². The normalized spacial score (nSPS) is 19.2. The summed E-state index contributed by atoms with van der Waals surface area (Å²) in [5.74, 6) is -1.29. The molecule has 0 spiro atoms. The van der Waals surface area contributed by atoms with Crippen LogP contribution in [0, 0.1) is 5.92 Å². The average molecular weight is 371 g/mol. The van der Waals surface area contributed by atoms with Gasteiger partial charge in [-0.1, -0.05) is 19.1 Å². The van der Waals surface area contributed by atoms with Gasteiger partial charge < -0.3 is 10.0 Å². The molecule has 1 aliphatic rings. The molecule has 144 valence electrons. The Labute approximate surface area is 151 Å². The molecule has 7 heteroatoms. The fraction of sp³-hybridized carbons (Fsp3) is 0.579. The summed E-state index contributed by atoms with van der Waals surface area (Å²) in [6.45, 7) is 2.38. The van der Waals surface area contributed by atoms with Gasteiger partial charge in [0, 0.05) is 24.9 Å². The lowest BCUT2D eigenvalue weighted by Crippen LogP contribution is -2.46. The van der Waals surface area contributed by atoms with Crippen molar-refractivity contribution in [1.29, 1.82) is 0 Å². The number of rotatable bonds is 6. The molecule has 1 fully saturated rings. The first-order valence-corrected chi connectivity index (χ1v) is 8.87. The molecule has 0 aliphatic carbocycles. The van der Waals surface area contributed by atoms with Crippen LogP contribution in [0.1, 0.15) is 50.2 Å². The molecule has 1 heterocycles. The molecule has 1 aliphatic heterocycles. The first-order chi connectivity index (χ1) is 12.2. The first kappa shape index (κ1) is 20.3. The van der Waals surface area contributed by atoms with Gasteiger partial charge in [-0.3, -0.25) is 9.59 Å². The molecule has 0 radical (unpaired) electrons. The van der Waals surface area contributed by atoms with E-state index in [9.17, 15) is 22.8 Å². The van der Waals surface area contributed by atoms with Crippen molar-refractivity contribution in [3.63, 3.8) is 0 Å². The third kappa shape index (κ3) is 5.47. The van der Waals surface area contributed by atoms with Crippen molar-refractivity contribution in [2.45, 2.75) is 57.7 Å². The highest BCUT2D eigenvalue weighted by Crippen LogP contribution is 2.30. The number of carbonyl (C=O) groups is 2. The molecule has 2 unspecified atom stereocenters. The molecular weight excluding hydrogens is 347 g/mol. The van der Waals surface area contributed by atoms with Crippen LogP contribution in [0.5, 0.6) is 0 Å². The fourth-order valence-corrected chi connectivity index (χ4v) is 3.43. The van der Waals surface area contributed by atoms with Gasteiger partial charge >= 0.3 is 12.1 Å². The Morgan fingerprint density at radius 1 is 1.23 bits per heavy atom. The molecular formula is C19H24F3NO3. The molecule has 1 aromatic rings. The van der Waals surface area contributed by atoms with Gasteiger partial charge in [0.2, 0.25) is 5.91 Å². The Bertz CT molecular complexity index is 628. The van der Waals surface area contributed by atoms with Crippen molar-refractivity contribution in [2.75, 3.05) is 6.54 Å². The van der Waals surface area contributed by atoms with Gasteiger partial charge in [0.25, 0.3) is 0 Å². The Hall–Kier alpha value is -2.05. The van der Waals surface area contributed by atoms with Gasteiger partial charge in [-0.2, -0.15) is 13.2 Å². The summed E-state index contributed by atoms with van der Waals surface area (Å²) in [6.07, 6.45) is -0.879. The zero-order chi connectivity index (χ0) is 19.3. The van der Waals surface area contributed by atoms with Crippen LogP contribution in [0.2, 0.25) is 0 Å². The topological polar surface area (TPSA) is 57.6 Å². The van der Waals surface area contributed by atoms with Crippen LogP contribution >= 0.6 is 0 Å². The maximum Gasteiger partial charge on any atom is 0.416 e. The van der Waals surface area contributed by atoms with E-state index in [2.05, 4.69) is 0 Å². The minimum absolute atomic E-state index is 0.0295. The molecule has 1 saturated heterocycles. The van der Waals surface area contributed by atoms with Crippen molar-refractivity contribution in [1.82, 2.24) is 4.90 Å².